The second-order valence-corrected chi connectivity index (χ2v) is 7.30. The zero-order chi connectivity index (χ0) is 11.7. The quantitative estimate of drug-likeness (QED) is 0.709. The van der Waals surface area contributed by atoms with E-state index in [4.69, 9.17) is 0 Å². The van der Waals surface area contributed by atoms with E-state index in [9.17, 15) is 0 Å². The van der Waals surface area contributed by atoms with Gasteiger partial charge < -0.3 is 0 Å². The zero-order valence-electron chi connectivity index (χ0n) is 10.2. The van der Waals surface area contributed by atoms with Crippen LogP contribution in [0.1, 0.15) is 37.0 Å². The average Bonchev–Trinajstić information content (AvgIpc) is 3.01. The Hall–Kier alpha value is 0.140. The summed E-state index contributed by atoms with van der Waals surface area (Å²) in [5.74, 6) is 0. The molecule has 0 aromatic carbocycles. The van der Waals surface area contributed by atoms with Gasteiger partial charge in [0, 0.05) is 29.3 Å². The standard InChI is InChI=1S/C14H20BrNS/c15-10-14(6-2-7-14)11-16(12-4-5-12)9-13-3-1-8-17-13/h1,3,8,12H,2,4-7,9-11H2. The van der Waals surface area contributed by atoms with E-state index in [2.05, 4.69) is 38.3 Å². The largest absolute Gasteiger partial charge is 0.295 e. The average molecular weight is 314 g/mol. The van der Waals surface area contributed by atoms with E-state index in [1.807, 2.05) is 11.3 Å². The van der Waals surface area contributed by atoms with Crippen molar-refractivity contribution in [1.29, 1.82) is 0 Å². The molecule has 0 unspecified atom stereocenters. The first-order valence-corrected chi connectivity index (χ1v) is 8.64. The van der Waals surface area contributed by atoms with E-state index in [1.54, 1.807) is 0 Å². The zero-order valence-corrected chi connectivity index (χ0v) is 12.6. The second kappa shape index (κ2) is 5.02. The number of rotatable bonds is 6. The van der Waals surface area contributed by atoms with Crippen molar-refractivity contribution in [2.24, 2.45) is 5.41 Å². The molecule has 0 bridgehead atoms. The molecule has 3 heteroatoms. The fourth-order valence-electron chi connectivity index (χ4n) is 2.80. The molecule has 0 amide bonds. The predicted octanol–water partition coefficient (Wildman–Crippen LogP) is 4.28. The summed E-state index contributed by atoms with van der Waals surface area (Å²) >= 11 is 5.64. The first-order valence-electron chi connectivity index (χ1n) is 6.64. The fourth-order valence-corrected chi connectivity index (χ4v) is 4.27. The molecule has 0 radical (unpaired) electrons. The molecule has 0 spiro atoms. The minimum atomic E-state index is 0.597. The molecular weight excluding hydrogens is 294 g/mol. The van der Waals surface area contributed by atoms with Crippen LogP contribution in [0.15, 0.2) is 17.5 Å². The Morgan fingerprint density at radius 2 is 2.24 bits per heavy atom. The molecule has 0 aliphatic heterocycles. The third-order valence-corrected chi connectivity index (χ3v) is 6.29. The molecule has 1 nitrogen and oxygen atoms in total. The first-order chi connectivity index (χ1) is 8.31. The van der Waals surface area contributed by atoms with Crippen LogP contribution in [0.4, 0.5) is 0 Å². The number of alkyl halides is 1. The van der Waals surface area contributed by atoms with Crippen LogP contribution < -0.4 is 0 Å². The molecule has 1 aromatic heterocycles. The summed E-state index contributed by atoms with van der Waals surface area (Å²) in [6.45, 7) is 2.48. The predicted molar refractivity (Wildman–Crippen MR) is 77.8 cm³/mol. The van der Waals surface area contributed by atoms with Crippen LogP contribution in [0.5, 0.6) is 0 Å². The molecule has 1 heterocycles. The molecule has 2 fully saturated rings. The highest BCUT2D eigenvalue weighted by Crippen LogP contribution is 2.45. The lowest BCUT2D eigenvalue weighted by Crippen LogP contribution is -2.44. The lowest BCUT2D eigenvalue weighted by Gasteiger charge is -2.44. The monoisotopic (exact) mass is 313 g/mol. The lowest BCUT2D eigenvalue weighted by atomic mass is 9.70. The maximum absolute atomic E-state index is 3.74. The smallest absolute Gasteiger partial charge is 0.0331 e. The van der Waals surface area contributed by atoms with Crippen molar-refractivity contribution in [2.75, 3.05) is 11.9 Å². The third-order valence-electron chi connectivity index (χ3n) is 4.24. The van der Waals surface area contributed by atoms with Gasteiger partial charge in [0.15, 0.2) is 0 Å². The Balaban J connectivity index is 1.64. The van der Waals surface area contributed by atoms with Gasteiger partial charge in [-0.25, -0.2) is 0 Å². The molecule has 3 rings (SSSR count). The summed E-state index contributed by atoms with van der Waals surface area (Å²) in [6, 6.07) is 5.34. The van der Waals surface area contributed by atoms with Crippen LogP contribution in [0.25, 0.3) is 0 Å². The van der Waals surface area contributed by atoms with Gasteiger partial charge in [-0.3, -0.25) is 4.90 Å². The van der Waals surface area contributed by atoms with E-state index < -0.39 is 0 Å². The maximum atomic E-state index is 3.74. The minimum Gasteiger partial charge on any atom is -0.295 e. The molecule has 17 heavy (non-hydrogen) atoms. The number of hydrogen-bond acceptors (Lipinski definition) is 2. The maximum Gasteiger partial charge on any atom is 0.0331 e. The highest BCUT2D eigenvalue weighted by atomic mass is 79.9. The number of thiophene rings is 1. The molecule has 2 aliphatic carbocycles. The SMILES string of the molecule is BrCC1(CN(Cc2cccs2)C2CC2)CCC1. The van der Waals surface area contributed by atoms with Crippen molar-refractivity contribution in [3.05, 3.63) is 22.4 Å². The van der Waals surface area contributed by atoms with Crippen molar-refractivity contribution in [3.63, 3.8) is 0 Å². The van der Waals surface area contributed by atoms with Crippen molar-refractivity contribution in [3.8, 4) is 0 Å². The van der Waals surface area contributed by atoms with Crippen molar-refractivity contribution < 1.29 is 0 Å². The fraction of sp³-hybridized carbons (Fsp3) is 0.714. The first kappa shape index (κ1) is 12.2. The van der Waals surface area contributed by atoms with Crippen molar-refractivity contribution >= 4 is 27.3 Å². The van der Waals surface area contributed by atoms with Crippen LogP contribution in [0, 0.1) is 5.41 Å². The molecule has 94 valence electrons. The molecule has 2 saturated carbocycles. The molecule has 0 saturated heterocycles. The summed E-state index contributed by atoms with van der Waals surface area (Å²) < 4.78 is 0. The molecule has 0 atom stereocenters. The Kier molecular flexibility index (Phi) is 3.60. The van der Waals surface area contributed by atoms with Gasteiger partial charge in [0.2, 0.25) is 0 Å². The number of nitrogens with zero attached hydrogens (tertiary/aromatic N) is 1. The van der Waals surface area contributed by atoms with Gasteiger partial charge in [-0.2, -0.15) is 0 Å². The van der Waals surface area contributed by atoms with Crippen LogP contribution in [-0.4, -0.2) is 22.8 Å². The van der Waals surface area contributed by atoms with Gasteiger partial charge in [-0.1, -0.05) is 28.4 Å². The van der Waals surface area contributed by atoms with Gasteiger partial charge in [-0.15, -0.1) is 11.3 Å². The van der Waals surface area contributed by atoms with E-state index in [1.165, 1.54) is 55.4 Å². The molecule has 1 aromatic rings. The minimum absolute atomic E-state index is 0.597. The lowest BCUT2D eigenvalue weighted by molar-refractivity contribution is 0.0825. The highest BCUT2D eigenvalue weighted by molar-refractivity contribution is 9.09. The van der Waals surface area contributed by atoms with Gasteiger partial charge in [-0.05, 0) is 42.5 Å². The summed E-state index contributed by atoms with van der Waals surface area (Å²) in [5.41, 5.74) is 0.597. The third kappa shape index (κ3) is 2.77. The number of hydrogen-bond donors (Lipinski definition) is 0. The Morgan fingerprint density at radius 1 is 1.41 bits per heavy atom. The summed E-state index contributed by atoms with van der Waals surface area (Å²) in [4.78, 5) is 4.27. The van der Waals surface area contributed by atoms with Crippen LogP contribution in [0.3, 0.4) is 0 Å². The topological polar surface area (TPSA) is 3.24 Å². The van der Waals surface area contributed by atoms with E-state index in [0.717, 1.165) is 6.04 Å². The molecule has 0 N–H and O–H groups in total. The highest BCUT2D eigenvalue weighted by Gasteiger charge is 2.40. The summed E-state index contributed by atoms with van der Waals surface area (Å²) in [7, 11) is 0. The van der Waals surface area contributed by atoms with Gasteiger partial charge >= 0.3 is 0 Å². The Morgan fingerprint density at radius 3 is 2.71 bits per heavy atom. The summed E-state index contributed by atoms with van der Waals surface area (Å²) in [5, 5.41) is 3.39. The van der Waals surface area contributed by atoms with E-state index >= 15 is 0 Å². The van der Waals surface area contributed by atoms with Gasteiger partial charge in [0.05, 0.1) is 0 Å². The summed E-state index contributed by atoms with van der Waals surface area (Å²) in [6.07, 6.45) is 7.12. The van der Waals surface area contributed by atoms with Crippen LogP contribution in [0.2, 0.25) is 0 Å². The van der Waals surface area contributed by atoms with Crippen LogP contribution >= 0.6 is 27.3 Å². The normalized spacial score (nSPS) is 22.7. The Labute approximate surface area is 116 Å². The van der Waals surface area contributed by atoms with Crippen molar-refractivity contribution in [2.45, 2.75) is 44.7 Å². The van der Waals surface area contributed by atoms with Gasteiger partial charge in [0.25, 0.3) is 0 Å². The Bertz CT molecular complexity index is 349. The second-order valence-electron chi connectivity index (χ2n) is 5.70. The molecular formula is C14H20BrNS. The molecule has 2 aliphatic rings. The van der Waals surface area contributed by atoms with Crippen LogP contribution in [-0.2, 0) is 6.54 Å². The van der Waals surface area contributed by atoms with E-state index in [0.29, 0.717) is 5.41 Å². The number of halogens is 1. The van der Waals surface area contributed by atoms with Gasteiger partial charge in [0.1, 0.15) is 0 Å². The van der Waals surface area contributed by atoms with Crippen molar-refractivity contribution in [1.82, 2.24) is 4.90 Å². The van der Waals surface area contributed by atoms with E-state index in [-0.39, 0.29) is 0 Å².